The first-order valence-electron chi connectivity index (χ1n) is 12.9. The maximum atomic E-state index is 12.2. The van der Waals surface area contributed by atoms with E-state index in [4.69, 9.17) is 9.47 Å². The van der Waals surface area contributed by atoms with E-state index in [-0.39, 0.29) is 43.0 Å². The Morgan fingerprint density at radius 3 is 2.38 bits per heavy atom. The molecule has 34 heavy (non-hydrogen) atoms. The Morgan fingerprint density at radius 1 is 0.912 bits per heavy atom. The molecule has 8 heteroatoms. The maximum absolute atomic E-state index is 12.2. The second-order valence-electron chi connectivity index (χ2n) is 9.42. The average molecular weight is 479 g/mol. The first-order chi connectivity index (χ1) is 16.4. The number of carbonyl (C=O) groups is 4. The van der Waals surface area contributed by atoms with Gasteiger partial charge in [0.2, 0.25) is 11.8 Å². The van der Waals surface area contributed by atoms with Crippen LogP contribution in [0, 0.1) is 11.8 Å². The molecular formula is C26H42N2O6. The Bertz CT molecular complexity index is 707. The van der Waals surface area contributed by atoms with Crippen molar-refractivity contribution in [3.8, 4) is 0 Å². The molecule has 4 atom stereocenters. The molecule has 8 nitrogen and oxygen atoms in total. The fourth-order valence-electron chi connectivity index (χ4n) is 4.85. The number of Topliss-reactive ketones (excluding diaryl/α,β-unsaturated/α-hetero) is 1. The lowest BCUT2D eigenvalue weighted by molar-refractivity contribution is -0.145. The third-order valence-electron chi connectivity index (χ3n) is 6.67. The largest absolute Gasteiger partial charge is 0.458 e. The van der Waals surface area contributed by atoms with Crippen LogP contribution in [0.15, 0.2) is 12.2 Å². The Hall–Kier alpha value is -2.22. The van der Waals surface area contributed by atoms with Crippen molar-refractivity contribution in [2.75, 3.05) is 19.7 Å². The Balaban J connectivity index is 1.62. The molecule has 0 saturated carbocycles. The normalized spacial score (nSPS) is 23.2. The fraction of sp³-hybridized carbons (Fsp3) is 0.769. The van der Waals surface area contributed by atoms with E-state index in [0.717, 1.165) is 57.8 Å². The molecule has 0 aromatic carbocycles. The summed E-state index contributed by atoms with van der Waals surface area (Å²) in [6.07, 6.45) is 14.2. The highest BCUT2D eigenvalue weighted by molar-refractivity contribution is 5.84. The molecular weight excluding hydrogens is 436 g/mol. The first-order valence-corrected chi connectivity index (χ1v) is 12.9. The molecule has 0 aliphatic carbocycles. The van der Waals surface area contributed by atoms with Gasteiger partial charge in [-0.15, -0.1) is 0 Å². The summed E-state index contributed by atoms with van der Waals surface area (Å²) in [6, 6.07) is 0. The highest BCUT2D eigenvalue weighted by Crippen LogP contribution is 2.45. The topological polar surface area (TPSA) is 111 Å². The summed E-state index contributed by atoms with van der Waals surface area (Å²) in [5.74, 6) is 0.0515. The summed E-state index contributed by atoms with van der Waals surface area (Å²) in [7, 11) is 0. The molecule has 2 amide bonds. The predicted octanol–water partition coefficient (Wildman–Crippen LogP) is 3.23. The monoisotopic (exact) mass is 478 g/mol. The number of amides is 2. The van der Waals surface area contributed by atoms with Gasteiger partial charge in [-0.05, 0) is 50.9 Å². The molecule has 2 rings (SSSR count). The smallest absolute Gasteiger partial charge is 0.303 e. The van der Waals surface area contributed by atoms with Crippen molar-refractivity contribution in [2.45, 2.75) is 96.7 Å². The number of nitrogens with one attached hydrogen (secondary N) is 2. The number of hydrogen-bond donors (Lipinski definition) is 2. The minimum absolute atomic E-state index is 0.0312. The number of allylic oxidation sites excluding steroid dienone is 2. The Labute approximate surface area is 203 Å². The van der Waals surface area contributed by atoms with Crippen molar-refractivity contribution < 1.29 is 28.7 Å². The van der Waals surface area contributed by atoms with Crippen LogP contribution in [0.1, 0.15) is 84.5 Å². The molecule has 0 spiro atoms. The van der Waals surface area contributed by atoms with Crippen LogP contribution in [0.25, 0.3) is 0 Å². The number of esters is 1. The van der Waals surface area contributed by atoms with Gasteiger partial charge in [-0.25, -0.2) is 0 Å². The van der Waals surface area contributed by atoms with Crippen LogP contribution in [-0.2, 0) is 28.7 Å². The zero-order chi connectivity index (χ0) is 24.8. The first kappa shape index (κ1) is 28.0. The van der Waals surface area contributed by atoms with Crippen molar-refractivity contribution in [1.82, 2.24) is 10.6 Å². The van der Waals surface area contributed by atoms with Gasteiger partial charge in [0.25, 0.3) is 0 Å². The second-order valence-corrected chi connectivity index (χ2v) is 9.42. The standard InChI is InChI=1S/C26H42N2O6/c1-3-4-8-13-25(31)28-17-26(32)27-16-22-21(23-14-15-24(22)34-23)12-10-7-5-6-9-11-20(30)18-33-19(2)29/h5,7,21-24H,3-4,6,8-18H2,1-2H3,(H,27,32)(H,28,31)/t21-,22+,23-,24+/m1/s1. The van der Waals surface area contributed by atoms with Gasteiger partial charge < -0.3 is 20.1 Å². The quantitative estimate of drug-likeness (QED) is 0.189. The number of rotatable bonds is 17. The molecule has 0 unspecified atom stereocenters. The molecule has 2 heterocycles. The lowest BCUT2D eigenvalue weighted by Gasteiger charge is -2.28. The van der Waals surface area contributed by atoms with Crippen LogP contribution in [0.4, 0.5) is 0 Å². The van der Waals surface area contributed by atoms with E-state index in [1.54, 1.807) is 0 Å². The third kappa shape index (κ3) is 10.4. The van der Waals surface area contributed by atoms with Crippen LogP contribution < -0.4 is 10.6 Å². The van der Waals surface area contributed by atoms with E-state index < -0.39 is 5.97 Å². The third-order valence-corrected chi connectivity index (χ3v) is 6.67. The van der Waals surface area contributed by atoms with E-state index in [9.17, 15) is 19.2 Å². The van der Waals surface area contributed by atoms with Crippen LogP contribution in [0.2, 0.25) is 0 Å². The van der Waals surface area contributed by atoms with Gasteiger partial charge in [0.05, 0.1) is 18.8 Å². The molecule has 2 N–H and O–H groups in total. The summed E-state index contributed by atoms with van der Waals surface area (Å²) in [4.78, 5) is 46.3. The van der Waals surface area contributed by atoms with Crippen LogP contribution >= 0.6 is 0 Å². The Morgan fingerprint density at radius 2 is 1.65 bits per heavy atom. The molecule has 0 aromatic rings. The van der Waals surface area contributed by atoms with E-state index >= 15 is 0 Å². The zero-order valence-corrected chi connectivity index (χ0v) is 20.8. The van der Waals surface area contributed by atoms with Gasteiger partial charge in [-0.3, -0.25) is 19.2 Å². The van der Waals surface area contributed by atoms with Gasteiger partial charge in [0.1, 0.15) is 6.61 Å². The molecule has 2 saturated heterocycles. The van der Waals surface area contributed by atoms with Crippen molar-refractivity contribution in [1.29, 1.82) is 0 Å². The highest BCUT2D eigenvalue weighted by Gasteiger charge is 2.48. The van der Waals surface area contributed by atoms with Crippen molar-refractivity contribution in [2.24, 2.45) is 11.8 Å². The van der Waals surface area contributed by atoms with Crippen LogP contribution in [0.5, 0.6) is 0 Å². The fourth-order valence-corrected chi connectivity index (χ4v) is 4.85. The zero-order valence-electron chi connectivity index (χ0n) is 20.8. The molecule has 2 aliphatic rings. The SMILES string of the molecule is CCCCCC(=O)NCC(=O)NC[C@H]1[C@@H](CCC=CCCCC(=O)COC(C)=O)[C@H]2CC[C@@H]1O2. The Kier molecular flexibility index (Phi) is 12.9. The maximum Gasteiger partial charge on any atom is 0.303 e. The minimum Gasteiger partial charge on any atom is -0.458 e. The number of ketones is 1. The van der Waals surface area contributed by atoms with E-state index in [1.165, 1.54) is 6.92 Å². The summed E-state index contributed by atoms with van der Waals surface area (Å²) in [5, 5.41) is 5.70. The summed E-state index contributed by atoms with van der Waals surface area (Å²) in [6.45, 7) is 3.88. The summed E-state index contributed by atoms with van der Waals surface area (Å²) < 4.78 is 10.8. The van der Waals surface area contributed by atoms with Gasteiger partial charge in [0, 0.05) is 32.2 Å². The van der Waals surface area contributed by atoms with Crippen molar-refractivity contribution >= 4 is 23.6 Å². The molecule has 0 radical (unpaired) electrons. The molecule has 192 valence electrons. The summed E-state index contributed by atoms with van der Waals surface area (Å²) in [5.41, 5.74) is 0. The van der Waals surface area contributed by atoms with Gasteiger partial charge >= 0.3 is 5.97 Å². The lowest BCUT2D eigenvalue weighted by atomic mass is 9.77. The number of fused-ring (bicyclic) bond motifs is 2. The van der Waals surface area contributed by atoms with E-state index in [0.29, 0.717) is 31.2 Å². The van der Waals surface area contributed by atoms with E-state index in [2.05, 4.69) is 29.7 Å². The van der Waals surface area contributed by atoms with Crippen LogP contribution in [-0.4, -0.2) is 55.5 Å². The second kappa shape index (κ2) is 15.6. The van der Waals surface area contributed by atoms with Crippen molar-refractivity contribution in [3.05, 3.63) is 12.2 Å². The molecule has 0 aromatic heterocycles. The molecule has 2 fully saturated rings. The van der Waals surface area contributed by atoms with Gasteiger partial charge in [-0.1, -0.05) is 31.9 Å². The molecule has 2 bridgehead atoms. The number of ether oxygens (including phenoxy) is 2. The lowest BCUT2D eigenvalue weighted by Crippen LogP contribution is -2.42. The van der Waals surface area contributed by atoms with Gasteiger partial charge in [0.15, 0.2) is 5.78 Å². The summed E-state index contributed by atoms with van der Waals surface area (Å²) >= 11 is 0. The van der Waals surface area contributed by atoms with Crippen LogP contribution in [0.3, 0.4) is 0 Å². The average Bonchev–Trinajstić information content (AvgIpc) is 3.41. The minimum atomic E-state index is -0.430. The van der Waals surface area contributed by atoms with Gasteiger partial charge in [-0.2, -0.15) is 0 Å². The van der Waals surface area contributed by atoms with E-state index in [1.807, 2.05) is 0 Å². The number of unbranched alkanes of at least 4 members (excludes halogenated alkanes) is 3. The number of carbonyl (C=O) groups excluding carboxylic acids is 4. The molecule has 2 aliphatic heterocycles. The predicted molar refractivity (Wildman–Crippen MR) is 129 cm³/mol. The highest BCUT2D eigenvalue weighted by atomic mass is 16.5. The van der Waals surface area contributed by atoms with Crippen molar-refractivity contribution in [3.63, 3.8) is 0 Å². The number of hydrogen-bond acceptors (Lipinski definition) is 6.